The Morgan fingerprint density at radius 2 is 1.88 bits per heavy atom. The molecule has 1 aliphatic carbocycles. The van der Waals surface area contributed by atoms with E-state index in [2.05, 4.69) is 36.0 Å². The van der Waals surface area contributed by atoms with E-state index in [1.54, 1.807) is 6.20 Å². The second-order valence-electron chi connectivity index (χ2n) is 10.7. The van der Waals surface area contributed by atoms with E-state index < -0.39 is 22.4 Å². The van der Waals surface area contributed by atoms with E-state index in [4.69, 9.17) is 9.15 Å². The molecule has 6 rings (SSSR count). The Bertz CT molecular complexity index is 1770. The molecule has 0 amide bonds. The number of nitrogens with one attached hydrogen (secondary N) is 1. The van der Waals surface area contributed by atoms with Gasteiger partial charge in [-0.25, -0.2) is 8.78 Å². The summed E-state index contributed by atoms with van der Waals surface area (Å²) in [7, 11) is 2.87. The molecule has 12 heteroatoms. The van der Waals surface area contributed by atoms with E-state index in [9.17, 15) is 13.0 Å². The molecule has 1 unspecified atom stereocenters. The molecule has 1 N–H and O–H groups in total. The summed E-state index contributed by atoms with van der Waals surface area (Å²) in [5, 5.41) is 13.2. The average Bonchev–Trinajstić information content (AvgIpc) is 3.58. The number of fused-ring (bicyclic) bond motifs is 3. The third-order valence-corrected chi connectivity index (χ3v) is 8.94. The zero-order valence-electron chi connectivity index (χ0n) is 23.2. The Kier molecular flexibility index (Phi) is 8.28. The summed E-state index contributed by atoms with van der Waals surface area (Å²) in [4.78, 5) is 2.02. The van der Waals surface area contributed by atoms with Gasteiger partial charge in [-0.3, -0.25) is 4.21 Å². The molecular weight excluding hydrogens is 628 g/mol. The molecule has 3 heterocycles. The molecule has 5 aromatic rings. The van der Waals surface area contributed by atoms with Crippen molar-refractivity contribution in [2.75, 3.05) is 31.8 Å². The third-order valence-electron chi connectivity index (χ3n) is 6.97. The van der Waals surface area contributed by atoms with Crippen molar-refractivity contribution >= 4 is 60.0 Å². The minimum Gasteiger partial charge on any atom is -0.492 e. The lowest BCUT2D eigenvalue weighted by Gasteiger charge is -2.10. The molecule has 1 atom stereocenters. The zero-order valence-corrected chi connectivity index (χ0v) is 25.6. The van der Waals surface area contributed by atoms with Crippen LogP contribution >= 0.6 is 15.9 Å². The molecule has 1 aliphatic rings. The smallest absolute Gasteiger partial charge is 0.163 e. The molecule has 0 saturated heterocycles. The van der Waals surface area contributed by atoms with Crippen molar-refractivity contribution in [1.82, 2.24) is 19.7 Å². The number of furan rings is 1. The van der Waals surface area contributed by atoms with Crippen LogP contribution in [-0.4, -0.2) is 50.3 Å². The Hall–Kier alpha value is -3.35. The molecule has 1 saturated carbocycles. The highest BCUT2D eigenvalue weighted by atomic mass is 79.9. The van der Waals surface area contributed by atoms with Gasteiger partial charge in [0.05, 0.1) is 46.0 Å². The fraction of sp³-hybridized carbons (Fsp3) is 0.333. The first-order chi connectivity index (χ1) is 20.2. The van der Waals surface area contributed by atoms with E-state index in [0.717, 1.165) is 56.7 Å². The van der Waals surface area contributed by atoms with Crippen LogP contribution in [0.1, 0.15) is 36.8 Å². The van der Waals surface area contributed by atoms with Crippen LogP contribution in [0.5, 0.6) is 5.75 Å². The van der Waals surface area contributed by atoms with Crippen molar-refractivity contribution in [3.63, 3.8) is 0 Å². The second-order valence-corrected chi connectivity index (χ2v) is 13.2. The van der Waals surface area contributed by atoms with Crippen LogP contribution in [0.25, 0.3) is 21.8 Å². The largest absolute Gasteiger partial charge is 0.492 e. The van der Waals surface area contributed by atoms with Gasteiger partial charge >= 0.3 is 0 Å². The van der Waals surface area contributed by atoms with Crippen molar-refractivity contribution in [2.45, 2.75) is 37.6 Å². The summed E-state index contributed by atoms with van der Waals surface area (Å²) < 4.78 is 55.4. The van der Waals surface area contributed by atoms with Crippen molar-refractivity contribution < 1.29 is 22.1 Å². The number of halogens is 3. The number of hydrogen-bond acceptors (Lipinski definition) is 7. The minimum atomic E-state index is -1.07. The van der Waals surface area contributed by atoms with Gasteiger partial charge in [-0.05, 0) is 85.7 Å². The van der Waals surface area contributed by atoms with Crippen LogP contribution in [-0.2, 0) is 23.1 Å². The fourth-order valence-corrected chi connectivity index (χ4v) is 6.62. The Morgan fingerprint density at radius 1 is 1.12 bits per heavy atom. The number of ether oxygens (including phenoxy) is 1. The summed E-state index contributed by atoms with van der Waals surface area (Å²) in [5.74, 6) is 2.10. The quantitative estimate of drug-likeness (QED) is 0.144. The van der Waals surface area contributed by atoms with Gasteiger partial charge in [0.1, 0.15) is 28.9 Å². The monoisotopic (exact) mass is 657 g/mol. The standard InChI is InChI=1S/C30H30BrF2N5O3S/c1-37(2)16-22-6-7-23(41-22)17-42(39)9-3-8-40-28-13-24-26(14-25(28)31)38(21-4-5-21)27-15-34-36-30(29(24)27)35-20-11-18(32)10-19(33)12-20/h6-7,10-15,21H,3-5,8-9,16-17H2,1-2H3,(H,35,36). The first-order valence-corrected chi connectivity index (χ1v) is 16.0. The van der Waals surface area contributed by atoms with Crippen LogP contribution in [0.3, 0.4) is 0 Å². The van der Waals surface area contributed by atoms with Crippen LogP contribution in [0.2, 0.25) is 0 Å². The van der Waals surface area contributed by atoms with Crippen molar-refractivity contribution in [2.24, 2.45) is 0 Å². The summed E-state index contributed by atoms with van der Waals surface area (Å²) >= 11 is 3.67. The highest BCUT2D eigenvalue weighted by molar-refractivity contribution is 9.10. The number of benzene rings is 2. The highest BCUT2D eigenvalue weighted by Gasteiger charge is 2.29. The maximum atomic E-state index is 13.9. The number of hydrogen-bond donors (Lipinski definition) is 1. The second kappa shape index (κ2) is 12.1. The lowest BCUT2D eigenvalue weighted by molar-refractivity contribution is 0.316. The Labute approximate surface area is 252 Å². The summed E-state index contributed by atoms with van der Waals surface area (Å²) in [6.07, 6.45) is 4.44. The molecular formula is C30H30BrF2N5O3S. The zero-order chi connectivity index (χ0) is 29.4. The SMILES string of the molecule is CN(C)Cc1ccc(CS(=O)CCCOc2cc3c4c(Nc5cc(F)cc(F)c5)nncc4n(C4CC4)c3cc2Br)o1. The van der Waals surface area contributed by atoms with E-state index >= 15 is 0 Å². The van der Waals surface area contributed by atoms with E-state index in [1.165, 1.54) is 12.1 Å². The van der Waals surface area contributed by atoms with Gasteiger partial charge in [0, 0.05) is 39.7 Å². The number of aromatic nitrogens is 3. The van der Waals surface area contributed by atoms with Gasteiger partial charge in [0.2, 0.25) is 0 Å². The topological polar surface area (TPSA) is 85.4 Å². The molecule has 1 fully saturated rings. The lowest BCUT2D eigenvalue weighted by atomic mass is 10.2. The average molecular weight is 659 g/mol. The van der Waals surface area contributed by atoms with Crippen LogP contribution in [0, 0.1) is 11.6 Å². The third kappa shape index (κ3) is 6.35. The van der Waals surface area contributed by atoms with Crippen LogP contribution in [0.15, 0.2) is 57.6 Å². The normalized spacial score (nSPS) is 14.2. The molecule has 220 valence electrons. The molecule has 2 aromatic carbocycles. The first-order valence-electron chi connectivity index (χ1n) is 13.7. The summed E-state index contributed by atoms with van der Waals surface area (Å²) in [6.45, 7) is 1.08. The van der Waals surface area contributed by atoms with Crippen molar-refractivity contribution in [1.29, 1.82) is 0 Å². The predicted octanol–water partition coefficient (Wildman–Crippen LogP) is 7.08. The van der Waals surface area contributed by atoms with Gasteiger partial charge in [0.25, 0.3) is 0 Å². The number of nitrogens with zero attached hydrogens (tertiary/aromatic N) is 4. The van der Waals surface area contributed by atoms with Crippen molar-refractivity contribution in [3.05, 3.63) is 76.3 Å². The first kappa shape index (κ1) is 28.8. The Morgan fingerprint density at radius 3 is 2.62 bits per heavy atom. The van der Waals surface area contributed by atoms with Gasteiger partial charge < -0.3 is 23.9 Å². The molecule has 0 aliphatic heterocycles. The lowest BCUT2D eigenvalue weighted by Crippen LogP contribution is -2.09. The molecule has 8 nitrogen and oxygen atoms in total. The summed E-state index contributed by atoms with van der Waals surface area (Å²) in [6, 6.07) is 11.4. The Balaban J connectivity index is 1.20. The van der Waals surface area contributed by atoms with Gasteiger partial charge in [0.15, 0.2) is 5.82 Å². The van der Waals surface area contributed by atoms with Gasteiger partial charge in [-0.15, -0.1) is 5.10 Å². The number of anilines is 2. The number of rotatable bonds is 12. The summed E-state index contributed by atoms with van der Waals surface area (Å²) in [5.41, 5.74) is 2.11. The van der Waals surface area contributed by atoms with Crippen molar-refractivity contribution in [3.8, 4) is 5.75 Å². The molecule has 0 bridgehead atoms. The molecule has 0 spiro atoms. The molecule has 3 aromatic heterocycles. The maximum Gasteiger partial charge on any atom is 0.163 e. The fourth-order valence-electron chi connectivity index (χ4n) is 5.11. The van der Waals surface area contributed by atoms with E-state index in [0.29, 0.717) is 48.7 Å². The van der Waals surface area contributed by atoms with Gasteiger partial charge in [-0.1, -0.05) is 0 Å². The van der Waals surface area contributed by atoms with E-state index in [1.807, 2.05) is 43.3 Å². The highest BCUT2D eigenvalue weighted by Crippen LogP contribution is 2.46. The maximum absolute atomic E-state index is 13.9. The van der Waals surface area contributed by atoms with Crippen LogP contribution < -0.4 is 10.1 Å². The minimum absolute atomic E-state index is 0.242. The van der Waals surface area contributed by atoms with Gasteiger partial charge in [-0.2, -0.15) is 5.10 Å². The molecule has 42 heavy (non-hydrogen) atoms. The van der Waals surface area contributed by atoms with E-state index in [-0.39, 0.29) is 5.69 Å². The van der Waals surface area contributed by atoms with Crippen LogP contribution in [0.4, 0.5) is 20.3 Å². The predicted molar refractivity (Wildman–Crippen MR) is 164 cm³/mol. The molecule has 0 radical (unpaired) electrons.